The van der Waals surface area contributed by atoms with Gasteiger partial charge in [-0.1, -0.05) is 18.2 Å². The minimum absolute atomic E-state index is 0.132. The van der Waals surface area contributed by atoms with Crippen LogP contribution in [0.25, 0.3) is 0 Å². The van der Waals surface area contributed by atoms with Crippen LogP contribution in [-0.4, -0.2) is 37.1 Å². The summed E-state index contributed by atoms with van der Waals surface area (Å²) in [6.45, 7) is 3.19. The molecule has 6 heteroatoms. The zero-order valence-corrected chi connectivity index (χ0v) is 13.8. The molecule has 1 aromatic carbocycles. The molecule has 1 heterocycles. The van der Waals surface area contributed by atoms with E-state index in [1.165, 1.54) is 11.3 Å². The molecule has 0 saturated heterocycles. The van der Waals surface area contributed by atoms with E-state index >= 15 is 0 Å². The Labute approximate surface area is 135 Å². The van der Waals surface area contributed by atoms with E-state index in [0.29, 0.717) is 25.2 Å². The summed E-state index contributed by atoms with van der Waals surface area (Å²) in [5, 5.41) is 5.63. The normalized spacial score (nSPS) is 12.0. The van der Waals surface area contributed by atoms with Crippen molar-refractivity contribution in [3.05, 3.63) is 46.4 Å². The molecular formula is C16H22N4OS. The van der Waals surface area contributed by atoms with Crippen LogP contribution in [0.2, 0.25) is 0 Å². The van der Waals surface area contributed by atoms with E-state index in [0.717, 1.165) is 10.7 Å². The van der Waals surface area contributed by atoms with Gasteiger partial charge >= 0.3 is 0 Å². The number of carbonyl (C=O) groups is 1. The maximum absolute atomic E-state index is 12.1. The summed E-state index contributed by atoms with van der Waals surface area (Å²) in [4.78, 5) is 18.5. The number of thiazole rings is 1. The number of benzene rings is 1. The zero-order chi connectivity index (χ0) is 15.9. The Morgan fingerprint density at radius 2 is 2.14 bits per heavy atom. The Hall–Kier alpha value is -1.92. The highest BCUT2D eigenvalue weighted by Gasteiger charge is 2.14. The smallest absolute Gasteiger partial charge is 0.270 e. The molecule has 0 spiro atoms. The summed E-state index contributed by atoms with van der Waals surface area (Å²) < 4.78 is 0. The SMILES string of the molecule is CC(CNC(=O)c1csc(CCN)n1)N(C)c1ccccc1. The molecule has 0 aliphatic heterocycles. The first-order valence-electron chi connectivity index (χ1n) is 7.32. The number of rotatable bonds is 7. The number of nitrogens with two attached hydrogens (primary N) is 1. The summed E-state index contributed by atoms with van der Waals surface area (Å²) >= 11 is 1.48. The maximum Gasteiger partial charge on any atom is 0.270 e. The van der Waals surface area contributed by atoms with Crippen LogP contribution >= 0.6 is 11.3 Å². The van der Waals surface area contributed by atoms with Crippen LogP contribution in [0.1, 0.15) is 22.4 Å². The van der Waals surface area contributed by atoms with Crippen molar-refractivity contribution in [2.75, 3.05) is 25.0 Å². The zero-order valence-electron chi connectivity index (χ0n) is 13.0. The van der Waals surface area contributed by atoms with Crippen molar-refractivity contribution in [3.63, 3.8) is 0 Å². The van der Waals surface area contributed by atoms with Crippen molar-refractivity contribution in [1.82, 2.24) is 10.3 Å². The average molecular weight is 318 g/mol. The first kappa shape index (κ1) is 16.5. The molecule has 0 bridgehead atoms. The van der Waals surface area contributed by atoms with Crippen LogP contribution in [0.15, 0.2) is 35.7 Å². The van der Waals surface area contributed by atoms with E-state index in [1.807, 2.05) is 25.2 Å². The van der Waals surface area contributed by atoms with E-state index in [2.05, 4.69) is 34.3 Å². The monoisotopic (exact) mass is 318 g/mol. The summed E-state index contributed by atoms with van der Waals surface area (Å²) in [7, 11) is 2.02. The third kappa shape index (κ3) is 4.29. The number of hydrogen-bond acceptors (Lipinski definition) is 5. The number of para-hydroxylation sites is 1. The number of carbonyl (C=O) groups excluding carboxylic acids is 1. The fourth-order valence-corrected chi connectivity index (χ4v) is 2.83. The number of likely N-dealkylation sites (N-methyl/N-ethyl adjacent to an activating group) is 1. The number of anilines is 1. The lowest BCUT2D eigenvalue weighted by Crippen LogP contribution is -2.40. The molecule has 1 aromatic heterocycles. The topological polar surface area (TPSA) is 71.2 Å². The highest BCUT2D eigenvalue weighted by atomic mass is 32.1. The lowest BCUT2D eigenvalue weighted by atomic mass is 10.2. The molecule has 0 aliphatic carbocycles. The molecule has 1 unspecified atom stereocenters. The molecule has 1 amide bonds. The molecule has 0 radical (unpaired) electrons. The maximum atomic E-state index is 12.1. The van der Waals surface area contributed by atoms with Gasteiger partial charge in [-0.25, -0.2) is 4.98 Å². The average Bonchev–Trinajstić information content (AvgIpc) is 3.01. The third-order valence-corrected chi connectivity index (χ3v) is 4.43. The van der Waals surface area contributed by atoms with Gasteiger partial charge in [0.05, 0.1) is 5.01 Å². The van der Waals surface area contributed by atoms with E-state index in [9.17, 15) is 4.79 Å². The van der Waals surface area contributed by atoms with E-state index in [1.54, 1.807) is 5.38 Å². The van der Waals surface area contributed by atoms with E-state index in [-0.39, 0.29) is 11.9 Å². The number of nitrogens with one attached hydrogen (secondary N) is 1. The van der Waals surface area contributed by atoms with E-state index in [4.69, 9.17) is 5.73 Å². The van der Waals surface area contributed by atoms with Gasteiger partial charge in [-0.15, -0.1) is 11.3 Å². The van der Waals surface area contributed by atoms with Crippen molar-refractivity contribution in [2.45, 2.75) is 19.4 Å². The van der Waals surface area contributed by atoms with Gasteiger partial charge in [0.2, 0.25) is 0 Å². The van der Waals surface area contributed by atoms with Crippen molar-refractivity contribution < 1.29 is 4.79 Å². The summed E-state index contributed by atoms with van der Waals surface area (Å²) in [6, 6.07) is 10.3. The van der Waals surface area contributed by atoms with Crippen LogP contribution in [-0.2, 0) is 6.42 Å². The lowest BCUT2D eigenvalue weighted by Gasteiger charge is -2.27. The Morgan fingerprint density at radius 1 is 1.41 bits per heavy atom. The highest BCUT2D eigenvalue weighted by molar-refractivity contribution is 7.09. The highest BCUT2D eigenvalue weighted by Crippen LogP contribution is 2.14. The molecule has 2 aromatic rings. The van der Waals surface area contributed by atoms with Crippen LogP contribution in [0.5, 0.6) is 0 Å². The predicted molar refractivity (Wildman–Crippen MR) is 91.5 cm³/mol. The standard InChI is InChI=1S/C16H22N4OS/c1-12(20(2)13-6-4-3-5-7-13)10-18-16(21)14-11-22-15(19-14)8-9-17/h3-7,11-12H,8-10,17H2,1-2H3,(H,18,21). The molecule has 0 fully saturated rings. The van der Waals surface area contributed by atoms with Crippen LogP contribution in [0.4, 0.5) is 5.69 Å². The quantitative estimate of drug-likeness (QED) is 0.818. The molecule has 5 nitrogen and oxygen atoms in total. The van der Waals surface area contributed by atoms with Gasteiger partial charge in [-0.2, -0.15) is 0 Å². The van der Waals surface area contributed by atoms with Gasteiger partial charge in [-0.05, 0) is 25.6 Å². The van der Waals surface area contributed by atoms with Gasteiger partial charge in [0.1, 0.15) is 5.69 Å². The van der Waals surface area contributed by atoms with Gasteiger partial charge in [0.15, 0.2) is 0 Å². The molecule has 118 valence electrons. The molecule has 2 rings (SSSR count). The molecule has 22 heavy (non-hydrogen) atoms. The molecular weight excluding hydrogens is 296 g/mol. The van der Waals surface area contributed by atoms with E-state index < -0.39 is 0 Å². The van der Waals surface area contributed by atoms with Crippen molar-refractivity contribution >= 4 is 22.9 Å². The van der Waals surface area contributed by atoms with Crippen LogP contribution in [0.3, 0.4) is 0 Å². The fourth-order valence-electron chi connectivity index (χ4n) is 2.04. The minimum atomic E-state index is -0.132. The molecule has 0 aliphatic rings. The van der Waals surface area contributed by atoms with Gasteiger partial charge in [0.25, 0.3) is 5.91 Å². The van der Waals surface area contributed by atoms with Crippen molar-refractivity contribution in [1.29, 1.82) is 0 Å². The predicted octanol–water partition coefficient (Wildman–Crippen LogP) is 1.90. The van der Waals surface area contributed by atoms with Crippen molar-refractivity contribution in [2.24, 2.45) is 5.73 Å². The number of nitrogens with zero attached hydrogens (tertiary/aromatic N) is 2. The Kier molecular flexibility index (Phi) is 5.91. The Bertz CT molecular complexity index is 599. The summed E-state index contributed by atoms with van der Waals surface area (Å²) in [6.07, 6.45) is 0.713. The number of aromatic nitrogens is 1. The first-order chi connectivity index (χ1) is 10.6. The van der Waals surface area contributed by atoms with Gasteiger partial charge < -0.3 is 16.0 Å². The second kappa shape index (κ2) is 7.91. The van der Waals surface area contributed by atoms with Gasteiger partial charge in [0, 0.05) is 37.1 Å². The molecule has 0 saturated carbocycles. The minimum Gasteiger partial charge on any atom is -0.370 e. The Morgan fingerprint density at radius 3 is 2.82 bits per heavy atom. The Balaban J connectivity index is 1.87. The van der Waals surface area contributed by atoms with Crippen LogP contribution < -0.4 is 16.0 Å². The van der Waals surface area contributed by atoms with Crippen molar-refractivity contribution in [3.8, 4) is 0 Å². The number of amides is 1. The van der Waals surface area contributed by atoms with Crippen LogP contribution in [0, 0.1) is 0 Å². The lowest BCUT2D eigenvalue weighted by molar-refractivity contribution is 0.0947. The molecule has 1 atom stereocenters. The second-order valence-corrected chi connectivity index (χ2v) is 6.11. The largest absolute Gasteiger partial charge is 0.370 e. The summed E-state index contributed by atoms with van der Waals surface area (Å²) in [5.74, 6) is -0.132. The number of hydrogen-bond donors (Lipinski definition) is 2. The van der Waals surface area contributed by atoms with Gasteiger partial charge in [-0.3, -0.25) is 4.79 Å². The fraction of sp³-hybridized carbons (Fsp3) is 0.375. The molecule has 3 N–H and O–H groups in total. The summed E-state index contributed by atoms with van der Waals surface area (Å²) in [5.41, 5.74) is 7.10. The first-order valence-corrected chi connectivity index (χ1v) is 8.20. The second-order valence-electron chi connectivity index (χ2n) is 5.17. The third-order valence-electron chi connectivity index (χ3n) is 3.53.